The topological polar surface area (TPSA) is 16.1 Å². The van der Waals surface area contributed by atoms with Gasteiger partial charge in [-0.05, 0) is 36.1 Å². The maximum Gasteiger partial charge on any atom is 0.136 e. The minimum atomic E-state index is 0.922. The van der Waals surface area contributed by atoms with Crippen molar-refractivity contribution in [3.63, 3.8) is 0 Å². The highest BCUT2D eigenvalue weighted by Gasteiger charge is 2.36. The van der Waals surface area contributed by atoms with Crippen molar-refractivity contribution in [2.45, 2.75) is 19.3 Å². The number of benzene rings is 1. The lowest BCUT2D eigenvalue weighted by molar-refractivity contribution is 0.494. The number of rotatable bonds is 1. The minimum absolute atomic E-state index is 0.922. The third kappa shape index (κ3) is 1.52. The lowest BCUT2D eigenvalue weighted by atomic mass is 10.0. The molecule has 2 heteroatoms. The number of nitrogens with zero attached hydrogens (tertiary/aromatic N) is 2. The molecule has 4 rings (SSSR count). The quantitative estimate of drug-likeness (QED) is 0.756. The van der Waals surface area contributed by atoms with Gasteiger partial charge in [-0.2, -0.15) is 0 Å². The van der Waals surface area contributed by atoms with Crippen LogP contribution in [-0.2, 0) is 0 Å². The zero-order valence-corrected chi connectivity index (χ0v) is 10.5. The molecular weight excluding hydrogens is 220 g/mol. The fourth-order valence-corrected chi connectivity index (χ4v) is 3.76. The van der Waals surface area contributed by atoms with Crippen molar-refractivity contribution in [3.05, 3.63) is 36.5 Å². The Bertz CT molecular complexity index is 561. The van der Waals surface area contributed by atoms with Crippen LogP contribution in [0.2, 0.25) is 0 Å². The maximum atomic E-state index is 4.64. The lowest BCUT2D eigenvalue weighted by Crippen LogP contribution is -2.22. The number of pyridine rings is 1. The second-order valence-corrected chi connectivity index (χ2v) is 5.71. The SMILES string of the molecule is c1ccc2c(N3CC4CCCC4C3)nccc2c1. The Balaban J connectivity index is 1.75. The second kappa shape index (κ2) is 3.98. The van der Waals surface area contributed by atoms with Gasteiger partial charge in [0.05, 0.1) is 0 Å². The van der Waals surface area contributed by atoms with E-state index >= 15 is 0 Å². The molecule has 2 aliphatic rings. The Hall–Kier alpha value is -1.57. The van der Waals surface area contributed by atoms with Gasteiger partial charge in [-0.25, -0.2) is 4.98 Å². The fraction of sp³-hybridized carbons (Fsp3) is 0.438. The molecule has 18 heavy (non-hydrogen) atoms. The van der Waals surface area contributed by atoms with Crippen LogP contribution in [0.1, 0.15) is 19.3 Å². The Morgan fingerprint density at radius 1 is 1.00 bits per heavy atom. The first-order chi connectivity index (χ1) is 8.92. The number of fused-ring (bicyclic) bond motifs is 2. The monoisotopic (exact) mass is 238 g/mol. The van der Waals surface area contributed by atoms with Gasteiger partial charge in [0.2, 0.25) is 0 Å². The van der Waals surface area contributed by atoms with Gasteiger partial charge in [0.1, 0.15) is 5.82 Å². The summed E-state index contributed by atoms with van der Waals surface area (Å²) in [5, 5.41) is 2.61. The minimum Gasteiger partial charge on any atom is -0.356 e. The van der Waals surface area contributed by atoms with Crippen LogP contribution in [0.4, 0.5) is 5.82 Å². The average molecular weight is 238 g/mol. The average Bonchev–Trinajstić information content (AvgIpc) is 2.99. The lowest BCUT2D eigenvalue weighted by Gasteiger charge is -2.20. The van der Waals surface area contributed by atoms with Gasteiger partial charge in [0.15, 0.2) is 0 Å². The van der Waals surface area contributed by atoms with Gasteiger partial charge in [0.25, 0.3) is 0 Å². The van der Waals surface area contributed by atoms with Crippen LogP contribution < -0.4 is 4.90 Å². The van der Waals surface area contributed by atoms with Crippen molar-refractivity contribution in [2.75, 3.05) is 18.0 Å². The summed E-state index contributed by atoms with van der Waals surface area (Å²) in [5.41, 5.74) is 0. The molecule has 1 saturated heterocycles. The molecule has 1 aliphatic carbocycles. The zero-order chi connectivity index (χ0) is 11.9. The van der Waals surface area contributed by atoms with Crippen LogP contribution in [0.3, 0.4) is 0 Å². The maximum absolute atomic E-state index is 4.64. The first-order valence-electron chi connectivity index (χ1n) is 7.00. The summed E-state index contributed by atoms with van der Waals surface area (Å²) >= 11 is 0. The van der Waals surface area contributed by atoms with Gasteiger partial charge in [-0.15, -0.1) is 0 Å². The summed E-state index contributed by atoms with van der Waals surface area (Å²) in [6.45, 7) is 2.43. The first-order valence-corrected chi connectivity index (χ1v) is 7.00. The van der Waals surface area contributed by atoms with Gasteiger partial charge in [-0.3, -0.25) is 0 Å². The van der Waals surface area contributed by atoms with E-state index in [1.807, 2.05) is 6.20 Å². The summed E-state index contributed by atoms with van der Waals surface area (Å²) in [5.74, 6) is 3.04. The van der Waals surface area contributed by atoms with Crippen LogP contribution in [0, 0.1) is 11.8 Å². The Morgan fingerprint density at radius 2 is 1.78 bits per heavy atom. The van der Waals surface area contributed by atoms with Gasteiger partial charge < -0.3 is 4.90 Å². The summed E-state index contributed by atoms with van der Waals surface area (Å²) in [7, 11) is 0. The smallest absolute Gasteiger partial charge is 0.136 e. The molecule has 2 fully saturated rings. The Labute approximate surface area is 108 Å². The van der Waals surface area contributed by atoms with E-state index in [1.165, 1.54) is 48.9 Å². The summed E-state index contributed by atoms with van der Waals surface area (Å²) in [6.07, 6.45) is 6.23. The summed E-state index contributed by atoms with van der Waals surface area (Å²) < 4.78 is 0. The number of anilines is 1. The molecular formula is C16H18N2. The molecule has 0 bridgehead atoms. The van der Waals surface area contributed by atoms with Crippen LogP contribution >= 0.6 is 0 Å². The fourth-order valence-electron chi connectivity index (χ4n) is 3.76. The Kier molecular flexibility index (Phi) is 2.29. The molecule has 1 saturated carbocycles. The molecule has 2 aromatic rings. The van der Waals surface area contributed by atoms with E-state index in [0.29, 0.717) is 0 Å². The van der Waals surface area contributed by atoms with Crippen molar-refractivity contribution < 1.29 is 0 Å². The molecule has 0 spiro atoms. The Morgan fingerprint density at radius 3 is 2.61 bits per heavy atom. The van der Waals surface area contributed by atoms with Gasteiger partial charge in [0, 0.05) is 24.7 Å². The number of aromatic nitrogens is 1. The zero-order valence-electron chi connectivity index (χ0n) is 10.5. The van der Waals surface area contributed by atoms with Crippen molar-refractivity contribution in [1.82, 2.24) is 4.98 Å². The first kappa shape index (κ1) is 10.4. The van der Waals surface area contributed by atoms with E-state index in [4.69, 9.17) is 0 Å². The van der Waals surface area contributed by atoms with Crippen LogP contribution in [0.25, 0.3) is 10.8 Å². The summed E-state index contributed by atoms with van der Waals surface area (Å²) in [4.78, 5) is 7.15. The molecule has 2 heterocycles. The van der Waals surface area contributed by atoms with Gasteiger partial charge in [-0.1, -0.05) is 30.7 Å². The molecule has 0 N–H and O–H groups in total. The molecule has 1 aromatic carbocycles. The predicted octanol–water partition coefficient (Wildman–Crippen LogP) is 3.47. The van der Waals surface area contributed by atoms with Crippen LogP contribution in [0.15, 0.2) is 36.5 Å². The molecule has 0 amide bonds. The van der Waals surface area contributed by atoms with E-state index in [0.717, 1.165) is 11.8 Å². The van der Waals surface area contributed by atoms with E-state index in [9.17, 15) is 0 Å². The highest BCUT2D eigenvalue weighted by molar-refractivity contribution is 5.92. The van der Waals surface area contributed by atoms with E-state index in [1.54, 1.807) is 0 Å². The van der Waals surface area contributed by atoms with E-state index < -0.39 is 0 Å². The van der Waals surface area contributed by atoms with Crippen molar-refractivity contribution in [2.24, 2.45) is 11.8 Å². The van der Waals surface area contributed by atoms with E-state index in [-0.39, 0.29) is 0 Å². The van der Waals surface area contributed by atoms with Crippen LogP contribution in [0.5, 0.6) is 0 Å². The molecule has 2 nitrogen and oxygen atoms in total. The van der Waals surface area contributed by atoms with Crippen molar-refractivity contribution >= 4 is 16.6 Å². The number of hydrogen-bond donors (Lipinski definition) is 0. The molecule has 0 radical (unpaired) electrons. The third-order valence-electron chi connectivity index (χ3n) is 4.68. The molecule has 1 aromatic heterocycles. The van der Waals surface area contributed by atoms with E-state index in [2.05, 4.69) is 40.2 Å². The highest BCUT2D eigenvalue weighted by atomic mass is 15.2. The standard InChI is InChI=1S/C16H18N2/c1-2-7-15-12(4-1)8-9-17-16(15)18-10-13-5-3-6-14(13)11-18/h1-2,4,7-9,13-14H,3,5-6,10-11H2. The largest absolute Gasteiger partial charge is 0.356 e. The molecule has 2 atom stereocenters. The number of hydrogen-bond acceptors (Lipinski definition) is 2. The van der Waals surface area contributed by atoms with Crippen molar-refractivity contribution in [3.8, 4) is 0 Å². The normalized spacial score (nSPS) is 26.8. The van der Waals surface area contributed by atoms with Crippen LogP contribution in [-0.4, -0.2) is 18.1 Å². The molecule has 92 valence electrons. The van der Waals surface area contributed by atoms with Crippen molar-refractivity contribution in [1.29, 1.82) is 0 Å². The molecule has 2 unspecified atom stereocenters. The highest BCUT2D eigenvalue weighted by Crippen LogP contribution is 2.40. The third-order valence-corrected chi connectivity index (χ3v) is 4.68. The summed E-state index contributed by atoms with van der Waals surface area (Å²) in [6, 6.07) is 10.7. The predicted molar refractivity (Wildman–Crippen MR) is 74.8 cm³/mol. The van der Waals surface area contributed by atoms with Gasteiger partial charge >= 0.3 is 0 Å². The second-order valence-electron chi connectivity index (χ2n) is 5.71. The molecule has 1 aliphatic heterocycles.